The molecule has 1 aliphatic carbocycles. The van der Waals surface area contributed by atoms with E-state index in [4.69, 9.17) is 0 Å². The van der Waals surface area contributed by atoms with Gasteiger partial charge in [-0.15, -0.1) is 0 Å². The number of nitrogens with zero attached hydrogens (tertiary/aromatic N) is 1. The largest absolute Gasteiger partial charge is 0.340 e. The maximum absolute atomic E-state index is 14.0. The first-order valence-electron chi connectivity index (χ1n) is 7.05. The minimum Gasteiger partial charge on any atom is -0.340 e. The Kier molecular flexibility index (Phi) is 3.19. The Morgan fingerprint density at radius 3 is 2.52 bits per heavy atom. The summed E-state index contributed by atoms with van der Waals surface area (Å²) >= 11 is 0. The van der Waals surface area contributed by atoms with Crippen LogP contribution >= 0.6 is 0 Å². The number of benzene rings is 1. The van der Waals surface area contributed by atoms with Gasteiger partial charge in [0.05, 0.1) is 5.69 Å². The van der Waals surface area contributed by atoms with E-state index in [1.54, 1.807) is 0 Å². The van der Waals surface area contributed by atoms with Crippen LogP contribution in [0, 0.1) is 11.6 Å². The number of hydrogen-bond donors (Lipinski definition) is 1. The highest BCUT2D eigenvalue weighted by atomic mass is 19.1. The van der Waals surface area contributed by atoms with Crippen molar-refractivity contribution in [3.8, 4) is 0 Å². The summed E-state index contributed by atoms with van der Waals surface area (Å²) in [5.74, 6) is -2.16. The Labute approximate surface area is 121 Å². The van der Waals surface area contributed by atoms with Crippen molar-refractivity contribution < 1.29 is 18.4 Å². The van der Waals surface area contributed by atoms with E-state index in [1.165, 1.54) is 17.9 Å². The van der Waals surface area contributed by atoms with Gasteiger partial charge in [-0.3, -0.25) is 14.5 Å². The maximum atomic E-state index is 14.0. The molecule has 4 nitrogen and oxygen atoms in total. The van der Waals surface area contributed by atoms with Crippen LogP contribution in [-0.2, 0) is 9.59 Å². The quantitative estimate of drug-likeness (QED) is 0.862. The lowest BCUT2D eigenvalue weighted by molar-refractivity contribution is -0.137. The Morgan fingerprint density at radius 1 is 1.24 bits per heavy atom. The third-order valence-electron chi connectivity index (χ3n) is 4.38. The average Bonchev–Trinajstić information content (AvgIpc) is 2.89. The van der Waals surface area contributed by atoms with Gasteiger partial charge in [-0.1, -0.05) is 12.8 Å². The molecular weight excluding hydrogens is 278 g/mol. The molecule has 1 unspecified atom stereocenters. The zero-order chi connectivity index (χ0) is 15.2. The summed E-state index contributed by atoms with van der Waals surface area (Å²) in [6, 6.07) is 2.21. The van der Waals surface area contributed by atoms with Gasteiger partial charge in [-0.2, -0.15) is 0 Å². The molecule has 1 saturated heterocycles. The summed E-state index contributed by atoms with van der Waals surface area (Å²) in [5, 5.41) is 2.80. The summed E-state index contributed by atoms with van der Waals surface area (Å²) in [5.41, 5.74) is -0.972. The predicted molar refractivity (Wildman–Crippen MR) is 72.6 cm³/mol. The van der Waals surface area contributed by atoms with Crippen LogP contribution in [0.15, 0.2) is 18.2 Å². The summed E-state index contributed by atoms with van der Waals surface area (Å²) in [6.45, 7) is 1.54. The second-order valence-electron chi connectivity index (χ2n) is 5.73. The number of rotatable bonds is 1. The first kappa shape index (κ1) is 14.0. The zero-order valence-corrected chi connectivity index (χ0v) is 11.7. The van der Waals surface area contributed by atoms with Crippen LogP contribution < -0.4 is 10.2 Å². The fraction of sp³-hybridized carbons (Fsp3) is 0.467. The van der Waals surface area contributed by atoms with Gasteiger partial charge in [0.2, 0.25) is 5.91 Å². The van der Waals surface area contributed by atoms with Gasteiger partial charge in [0.25, 0.3) is 5.91 Å². The van der Waals surface area contributed by atoms with E-state index in [2.05, 4.69) is 5.32 Å². The zero-order valence-electron chi connectivity index (χ0n) is 11.7. The molecule has 1 aliphatic heterocycles. The monoisotopic (exact) mass is 294 g/mol. The Balaban J connectivity index is 2.05. The second kappa shape index (κ2) is 4.79. The second-order valence-corrected chi connectivity index (χ2v) is 5.73. The van der Waals surface area contributed by atoms with Crippen LogP contribution in [0.5, 0.6) is 0 Å². The van der Waals surface area contributed by atoms with Crippen molar-refractivity contribution in [2.75, 3.05) is 4.90 Å². The van der Waals surface area contributed by atoms with Crippen molar-refractivity contribution in [3.63, 3.8) is 0 Å². The maximum Gasteiger partial charge on any atom is 0.253 e. The van der Waals surface area contributed by atoms with Crippen molar-refractivity contribution in [2.45, 2.75) is 44.2 Å². The first-order chi connectivity index (χ1) is 9.94. The molecule has 0 aromatic heterocycles. The summed E-state index contributed by atoms with van der Waals surface area (Å²) in [6.07, 6.45) is 2.81. The van der Waals surface area contributed by atoms with Gasteiger partial charge in [-0.25, -0.2) is 8.78 Å². The molecule has 3 rings (SSSR count). The summed E-state index contributed by atoms with van der Waals surface area (Å²) < 4.78 is 27.1. The molecule has 112 valence electrons. The smallest absolute Gasteiger partial charge is 0.253 e. The number of anilines is 1. The van der Waals surface area contributed by atoms with Crippen LogP contribution in [0.25, 0.3) is 0 Å². The molecule has 6 heteroatoms. The van der Waals surface area contributed by atoms with Gasteiger partial charge >= 0.3 is 0 Å². The van der Waals surface area contributed by atoms with E-state index in [0.29, 0.717) is 12.8 Å². The van der Waals surface area contributed by atoms with Gasteiger partial charge in [-0.05, 0) is 31.9 Å². The highest BCUT2D eigenvalue weighted by Crippen LogP contribution is 2.37. The molecule has 2 aliphatic rings. The minimum atomic E-state index is -0.926. The number of carbonyl (C=O) groups excluding carboxylic acids is 2. The number of hydrogen-bond acceptors (Lipinski definition) is 2. The Hall–Kier alpha value is -1.98. The van der Waals surface area contributed by atoms with Gasteiger partial charge in [0, 0.05) is 6.07 Å². The minimum absolute atomic E-state index is 0.0463. The van der Waals surface area contributed by atoms with Crippen LogP contribution in [0.4, 0.5) is 14.5 Å². The lowest BCUT2D eigenvalue weighted by atomic mass is 9.90. The fourth-order valence-corrected chi connectivity index (χ4v) is 3.23. The molecular formula is C15H16F2N2O2. The van der Waals surface area contributed by atoms with E-state index in [0.717, 1.165) is 25.0 Å². The van der Waals surface area contributed by atoms with Crippen molar-refractivity contribution >= 4 is 17.5 Å². The first-order valence-corrected chi connectivity index (χ1v) is 7.05. The molecule has 0 radical (unpaired) electrons. The number of amides is 2. The van der Waals surface area contributed by atoms with Gasteiger partial charge in [0.1, 0.15) is 23.2 Å². The van der Waals surface area contributed by atoms with E-state index in [9.17, 15) is 18.4 Å². The highest BCUT2D eigenvalue weighted by molar-refractivity contribution is 6.10. The molecule has 0 bridgehead atoms. The molecule has 1 spiro atoms. The predicted octanol–water partition coefficient (Wildman–Crippen LogP) is 2.13. The molecule has 1 heterocycles. The average molecular weight is 294 g/mol. The lowest BCUT2D eigenvalue weighted by Crippen LogP contribution is -2.69. The molecule has 2 amide bonds. The number of halogens is 2. The molecule has 1 N–H and O–H groups in total. The summed E-state index contributed by atoms with van der Waals surface area (Å²) in [7, 11) is 0. The lowest BCUT2D eigenvalue weighted by Gasteiger charge is -2.43. The van der Waals surface area contributed by atoms with Crippen molar-refractivity contribution in [1.82, 2.24) is 5.32 Å². The summed E-state index contributed by atoms with van der Waals surface area (Å²) in [4.78, 5) is 26.1. The molecule has 1 aromatic rings. The van der Waals surface area contributed by atoms with E-state index >= 15 is 0 Å². The molecule has 21 heavy (non-hydrogen) atoms. The normalized spacial score (nSPS) is 24.5. The standard InChI is InChI=1S/C15H16F2N2O2/c1-9-13(20)18-15(6-2-3-7-15)14(21)19(9)12-5-4-10(16)8-11(12)17/h4-5,8-9H,2-3,6-7H2,1H3,(H,18,20). The molecule has 1 aromatic carbocycles. The number of carbonyl (C=O) groups is 2. The highest BCUT2D eigenvalue weighted by Gasteiger charge is 2.51. The third kappa shape index (κ3) is 2.09. The van der Waals surface area contributed by atoms with E-state index < -0.39 is 23.2 Å². The van der Waals surface area contributed by atoms with Crippen molar-refractivity contribution in [2.24, 2.45) is 0 Å². The number of nitrogens with one attached hydrogen (secondary N) is 1. The van der Waals surface area contributed by atoms with Crippen LogP contribution in [0.2, 0.25) is 0 Å². The number of piperazine rings is 1. The molecule has 2 fully saturated rings. The molecule has 1 saturated carbocycles. The van der Waals surface area contributed by atoms with E-state index in [-0.39, 0.29) is 17.5 Å². The van der Waals surface area contributed by atoms with Crippen molar-refractivity contribution in [1.29, 1.82) is 0 Å². The van der Waals surface area contributed by atoms with Gasteiger partial charge in [0.15, 0.2) is 0 Å². The molecule has 1 atom stereocenters. The Morgan fingerprint density at radius 2 is 1.90 bits per heavy atom. The fourth-order valence-electron chi connectivity index (χ4n) is 3.23. The Bertz CT molecular complexity index is 612. The van der Waals surface area contributed by atoms with Crippen molar-refractivity contribution in [3.05, 3.63) is 29.8 Å². The van der Waals surface area contributed by atoms with Crippen LogP contribution in [0.3, 0.4) is 0 Å². The van der Waals surface area contributed by atoms with Crippen LogP contribution in [0.1, 0.15) is 32.6 Å². The topological polar surface area (TPSA) is 49.4 Å². The van der Waals surface area contributed by atoms with E-state index in [1.807, 2.05) is 0 Å². The van der Waals surface area contributed by atoms with Crippen LogP contribution in [-0.4, -0.2) is 23.4 Å². The van der Waals surface area contributed by atoms with Gasteiger partial charge < -0.3 is 5.32 Å². The SMILES string of the molecule is CC1C(=O)NC2(CCCC2)C(=O)N1c1ccc(F)cc1F. The third-order valence-corrected chi connectivity index (χ3v) is 4.38.